The molecule has 2 aromatic rings. The Morgan fingerprint density at radius 1 is 1.30 bits per heavy atom. The summed E-state index contributed by atoms with van der Waals surface area (Å²) in [6, 6.07) is 0.191. The van der Waals surface area contributed by atoms with E-state index in [1.807, 2.05) is 0 Å². The van der Waals surface area contributed by atoms with E-state index in [9.17, 15) is 4.79 Å². The van der Waals surface area contributed by atoms with Crippen molar-refractivity contribution in [2.45, 2.75) is 43.0 Å². The van der Waals surface area contributed by atoms with E-state index in [2.05, 4.69) is 31.3 Å². The number of halogens is 1. The fourth-order valence-electron chi connectivity index (χ4n) is 2.68. The maximum Gasteiger partial charge on any atom is 0.255 e. The first-order valence-corrected chi connectivity index (χ1v) is 7.89. The number of aromatic nitrogens is 3. The summed E-state index contributed by atoms with van der Waals surface area (Å²) < 4.78 is 1.67. The van der Waals surface area contributed by atoms with Crippen molar-refractivity contribution in [3.05, 3.63) is 30.4 Å². The number of hydrogen-bond acceptors (Lipinski definition) is 3. The van der Waals surface area contributed by atoms with Gasteiger partial charge in [-0.15, -0.1) is 0 Å². The van der Waals surface area contributed by atoms with Gasteiger partial charge in [-0.1, -0.05) is 35.2 Å². The molecular formula is C14H17BrN4O. The van der Waals surface area contributed by atoms with Gasteiger partial charge in [0.1, 0.15) is 0 Å². The number of nitrogens with one attached hydrogen (secondary N) is 1. The molecule has 2 heterocycles. The van der Waals surface area contributed by atoms with E-state index >= 15 is 0 Å². The molecule has 20 heavy (non-hydrogen) atoms. The zero-order valence-corrected chi connectivity index (χ0v) is 12.7. The largest absolute Gasteiger partial charge is 0.348 e. The second-order valence-corrected chi connectivity index (χ2v) is 6.37. The molecule has 1 aliphatic carbocycles. The second-order valence-electron chi connectivity index (χ2n) is 5.20. The highest BCUT2D eigenvalue weighted by Crippen LogP contribution is 2.24. The molecule has 106 valence electrons. The molecular weight excluding hydrogens is 320 g/mol. The SMILES string of the molecule is O=C(NC1CCCCCC1Br)c1cnn2ccncc12. The predicted molar refractivity (Wildman–Crippen MR) is 80.0 cm³/mol. The molecule has 0 aliphatic heterocycles. The second kappa shape index (κ2) is 5.91. The molecule has 1 fully saturated rings. The van der Waals surface area contributed by atoms with E-state index in [1.54, 1.807) is 29.3 Å². The summed E-state index contributed by atoms with van der Waals surface area (Å²) in [4.78, 5) is 16.8. The molecule has 0 saturated heterocycles. The molecule has 0 radical (unpaired) electrons. The van der Waals surface area contributed by atoms with Crippen LogP contribution in [0.4, 0.5) is 0 Å². The Bertz CT molecular complexity index is 612. The van der Waals surface area contributed by atoms with Crippen LogP contribution >= 0.6 is 15.9 Å². The van der Waals surface area contributed by atoms with Crippen LogP contribution in [-0.4, -0.2) is 31.4 Å². The molecule has 1 saturated carbocycles. The number of rotatable bonds is 2. The van der Waals surface area contributed by atoms with Crippen LogP contribution in [0.25, 0.3) is 5.52 Å². The Labute approximate surface area is 125 Å². The van der Waals surface area contributed by atoms with Gasteiger partial charge >= 0.3 is 0 Å². The summed E-state index contributed by atoms with van der Waals surface area (Å²) >= 11 is 3.70. The average Bonchev–Trinajstić information content (AvgIpc) is 2.79. The lowest BCUT2D eigenvalue weighted by Crippen LogP contribution is -2.40. The number of hydrogen-bond donors (Lipinski definition) is 1. The lowest BCUT2D eigenvalue weighted by Gasteiger charge is -2.21. The zero-order valence-electron chi connectivity index (χ0n) is 11.1. The first kappa shape index (κ1) is 13.5. The van der Waals surface area contributed by atoms with Crippen molar-refractivity contribution in [1.82, 2.24) is 19.9 Å². The lowest BCUT2D eigenvalue weighted by molar-refractivity contribution is 0.0936. The number of carbonyl (C=O) groups is 1. The van der Waals surface area contributed by atoms with Crippen molar-refractivity contribution >= 4 is 27.4 Å². The minimum atomic E-state index is -0.0654. The third kappa shape index (κ3) is 2.70. The van der Waals surface area contributed by atoms with Crippen LogP contribution in [0.2, 0.25) is 0 Å². The molecule has 1 amide bonds. The van der Waals surface area contributed by atoms with Crippen LogP contribution in [-0.2, 0) is 0 Å². The van der Waals surface area contributed by atoms with Crippen LogP contribution in [0.15, 0.2) is 24.8 Å². The fraction of sp³-hybridized carbons (Fsp3) is 0.500. The zero-order chi connectivity index (χ0) is 13.9. The van der Waals surface area contributed by atoms with Crippen LogP contribution in [0.3, 0.4) is 0 Å². The van der Waals surface area contributed by atoms with Crippen LogP contribution in [0, 0.1) is 0 Å². The smallest absolute Gasteiger partial charge is 0.255 e. The topological polar surface area (TPSA) is 59.3 Å². The quantitative estimate of drug-likeness (QED) is 0.677. The van der Waals surface area contributed by atoms with Crippen molar-refractivity contribution in [3.63, 3.8) is 0 Å². The van der Waals surface area contributed by atoms with E-state index in [-0.39, 0.29) is 11.9 Å². The number of nitrogens with zero attached hydrogens (tertiary/aromatic N) is 3. The molecule has 5 nitrogen and oxygen atoms in total. The number of alkyl halides is 1. The van der Waals surface area contributed by atoms with Crippen molar-refractivity contribution < 1.29 is 4.79 Å². The van der Waals surface area contributed by atoms with Crippen LogP contribution < -0.4 is 5.32 Å². The normalized spacial score (nSPS) is 23.4. The first-order valence-electron chi connectivity index (χ1n) is 6.98. The van der Waals surface area contributed by atoms with Gasteiger partial charge in [-0.2, -0.15) is 5.10 Å². The molecule has 2 atom stereocenters. The number of amides is 1. The summed E-state index contributed by atoms with van der Waals surface area (Å²) in [5.41, 5.74) is 1.33. The van der Waals surface area contributed by atoms with Crippen molar-refractivity contribution in [3.8, 4) is 0 Å². The molecule has 0 bridgehead atoms. The van der Waals surface area contributed by atoms with E-state index in [4.69, 9.17) is 0 Å². The van der Waals surface area contributed by atoms with E-state index in [0.29, 0.717) is 10.4 Å². The lowest BCUT2D eigenvalue weighted by atomic mass is 10.1. The monoisotopic (exact) mass is 336 g/mol. The van der Waals surface area contributed by atoms with Gasteiger partial charge in [0, 0.05) is 23.3 Å². The van der Waals surface area contributed by atoms with Crippen molar-refractivity contribution in [2.24, 2.45) is 0 Å². The molecule has 6 heteroatoms. The van der Waals surface area contributed by atoms with Gasteiger partial charge in [0.25, 0.3) is 5.91 Å². The van der Waals surface area contributed by atoms with Crippen molar-refractivity contribution in [2.75, 3.05) is 0 Å². The van der Waals surface area contributed by atoms with Gasteiger partial charge in [-0.3, -0.25) is 9.78 Å². The maximum atomic E-state index is 12.4. The molecule has 0 aromatic carbocycles. The van der Waals surface area contributed by atoms with E-state index in [0.717, 1.165) is 18.4 Å². The van der Waals surface area contributed by atoms with Crippen molar-refractivity contribution in [1.29, 1.82) is 0 Å². The van der Waals surface area contributed by atoms with Gasteiger partial charge in [0.2, 0.25) is 0 Å². The Balaban J connectivity index is 1.78. The standard InChI is InChI=1S/C14H17BrN4O/c15-11-4-2-1-3-5-12(11)18-14(20)10-8-17-19-7-6-16-9-13(10)19/h6-9,11-12H,1-5H2,(H,18,20). The van der Waals surface area contributed by atoms with E-state index < -0.39 is 0 Å². The van der Waals surface area contributed by atoms with Gasteiger partial charge in [-0.05, 0) is 12.8 Å². The Kier molecular flexibility index (Phi) is 4.00. The predicted octanol–water partition coefficient (Wildman–Crippen LogP) is 2.56. The Morgan fingerprint density at radius 2 is 2.15 bits per heavy atom. The van der Waals surface area contributed by atoms with Crippen LogP contribution in [0.5, 0.6) is 0 Å². The maximum absolute atomic E-state index is 12.4. The van der Waals surface area contributed by atoms with Gasteiger partial charge < -0.3 is 5.32 Å². The first-order chi connectivity index (χ1) is 9.75. The third-order valence-electron chi connectivity index (χ3n) is 3.82. The Morgan fingerprint density at radius 3 is 3.05 bits per heavy atom. The highest BCUT2D eigenvalue weighted by molar-refractivity contribution is 9.09. The fourth-order valence-corrected chi connectivity index (χ4v) is 3.40. The minimum absolute atomic E-state index is 0.0654. The summed E-state index contributed by atoms with van der Waals surface area (Å²) in [5, 5.41) is 7.31. The summed E-state index contributed by atoms with van der Waals surface area (Å²) in [5.74, 6) is -0.0654. The third-order valence-corrected chi connectivity index (χ3v) is 4.91. The molecule has 3 rings (SSSR count). The van der Waals surface area contributed by atoms with Gasteiger partial charge in [-0.25, -0.2) is 4.52 Å². The molecule has 1 aliphatic rings. The highest BCUT2D eigenvalue weighted by atomic mass is 79.9. The molecule has 0 spiro atoms. The molecule has 1 N–H and O–H groups in total. The van der Waals surface area contributed by atoms with Gasteiger partial charge in [0.05, 0.1) is 23.5 Å². The summed E-state index contributed by atoms with van der Waals surface area (Å²) in [6.45, 7) is 0. The summed E-state index contributed by atoms with van der Waals surface area (Å²) in [7, 11) is 0. The molecule has 2 unspecified atom stereocenters. The average molecular weight is 337 g/mol. The number of fused-ring (bicyclic) bond motifs is 1. The molecule has 2 aromatic heterocycles. The highest BCUT2D eigenvalue weighted by Gasteiger charge is 2.24. The van der Waals surface area contributed by atoms with Crippen LogP contribution in [0.1, 0.15) is 42.5 Å². The number of carbonyl (C=O) groups excluding carboxylic acids is 1. The van der Waals surface area contributed by atoms with Gasteiger partial charge in [0.15, 0.2) is 0 Å². The van der Waals surface area contributed by atoms with E-state index in [1.165, 1.54) is 19.3 Å². The summed E-state index contributed by atoms with van der Waals surface area (Å²) in [6.07, 6.45) is 12.4. The minimum Gasteiger partial charge on any atom is -0.348 e. The Hall–Kier alpha value is -1.43.